The van der Waals surface area contributed by atoms with Crippen molar-refractivity contribution < 1.29 is 18.0 Å². The van der Waals surface area contributed by atoms with Gasteiger partial charge >= 0.3 is 6.18 Å². The summed E-state index contributed by atoms with van der Waals surface area (Å²) >= 11 is 0. The Labute approximate surface area is 75.3 Å². The number of carbonyl (C=O) groups excluding carboxylic acids is 1. The maximum absolute atomic E-state index is 11.6. The predicted molar refractivity (Wildman–Crippen MR) is 43.2 cm³/mol. The first-order valence-electron chi connectivity index (χ1n) is 4.15. The van der Waals surface area contributed by atoms with Crippen LogP contribution in [0.4, 0.5) is 13.2 Å². The average Bonchev–Trinajstić information content (AvgIpc) is 1.95. The molecule has 1 unspecified atom stereocenters. The molecule has 0 bridgehead atoms. The topological polar surface area (TPSA) is 43.1 Å². The van der Waals surface area contributed by atoms with E-state index in [-0.39, 0.29) is 18.2 Å². The molecule has 0 radical (unpaired) electrons. The average molecular weight is 197 g/mol. The number of rotatable bonds is 5. The summed E-state index contributed by atoms with van der Waals surface area (Å²) in [5, 5.41) is 0. The maximum Gasteiger partial charge on any atom is 0.389 e. The van der Waals surface area contributed by atoms with Crippen molar-refractivity contribution in [3.8, 4) is 0 Å². The summed E-state index contributed by atoms with van der Waals surface area (Å²) < 4.78 is 34.9. The van der Waals surface area contributed by atoms with Crippen LogP contribution in [0.15, 0.2) is 0 Å². The van der Waals surface area contributed by atoms with Gasteiger partial charge in [-0.1, -0.05) is 0 Å². The molecule has 0 aliphatic heterocycles. The number of halogens is 3. The third-order valence-corrected chi connectivity index (χ3v) is 1.57. The molecule has 0 amide bonds. The molecule has 0 aromatic rings. The first-order valence-corrected chi connectivity index (χ1v) is 4.15. The highest BCUT2D eigenvalue weighted by atomic mass is 19.4. The van der Waals surface area contributed by atoms with Crippen molar-refractivity contribution in [3.63, 3.8) is 0 Å². The Morgan fingerprint density at radius 2 is 1.92 bits per heavy atom. The molecule has 2 nitrogen and oxygen atoms in total. The van der Waals surface area contributed by atoms with Crippen LogP contribution in [0.2, 0.25) is 0 Å². The first-order chi connectivity index (χ1) is 5.81. The minimum absolute atomic E-state index is 0.130. The van der Waals surface area contributed by atoms with Gasteiger partial charge in [0.05, 0.1) is 6.42 Å². The van der Waals surface area contributed by atoms with E-state index < -0.39 is 19.0 Å². The lowest BCUT2D eigenvalue weighted by atomic mass is 10.1. The second kappa shape index (κ2) is 5.21. The molecular formula is C8H14F3NO. The van der Waals surface area contributed by atoms with Crippen molar-refractivity contribution >= 4 is 5.78 Å². The molecule has 0 saturated heterocycles. The quantitative estimate of drug-likeness (QED) is 0.732. The van der Waals surface area contributed by atoms with E-state index in [0.717, 1.165) is 0 Å². The van der Waals surface area contributed by atoms with Crippen molar-refractivity contribution in [2.24, 2.45) is 5.73 Å². The molecule has 0 heterocycles. The summed E-state index contributed by atoms with van der Waals surface area (Å²) in [6.07, 6.45) is -5.07. The van der Waals surface area contributed by atoms with Crippen LogP contribution in [0.25, 0.3) is 0 Å². The third kappa shape index (κ3) is 9.33. The minimum Gasteiger partial charge on any atom is -0.328 e. The van der Waals surface area contributed by atoms with E-state index in [1.165, 1.54) is 0 Å². The zero-order valence-corrected chi connectivity index (χ0v) is 7.53. The zero-order valence-electron chi connectivity index (χ0n) is 7.53. The van der Waals surface area contributed by atoms with Gasteiger partial charge in [0, 0.05) is 18.9 Å². The SMILES string of the molecule is CC(N)CCC(=O)CCC(F)(F)F. The van der Waals surface area contributed by atoms with Crippen LogP contribution in [-0.2, 0) is 4.79 Å². The van der Waals surface area contributed by atoms with Crippen molar-refractivity contribution in [1.82, 2.24) is 0 Å². The Hall–Kier alpha value is -0.580. The molecule has 2 N–H and O–H groups in total. The van der Waals surface area contributed by atoms with Crippen molar-refractivity contribution in [2.75, 3.05) is 0 Å². The van der Waals surface area contributed by atoms with E-state index in [0.29, 0.717) is 6.42 Å². The number of nitrogens with two attached hydrogens (primary N) is 1. The fraction of sp³-hybridized carbons (Fsp3) is 0.875. The minimum atomic E-state index is -4.23. The maximum atomic E-state index is 11.6. The molecule has 0 aromatic carbocycles. The van der Waals surface area contributed by atoms with Gasteiger partial charge in [-0.15, -0.1) is 0 Å². The second-order valence-corrected chi connectivity index (χ2v) is 3.17. The van der Waals surface area contributed by atoms with E-state index in [4.69, 9.17) is 5.73 Å². The number of Topliss-reactive ketones (excluding diaryl/α,β-unsaturated/α-hetero) is 1. The molecule has 0 aliphatic carbocycles. The number of hydrogen-bond donors (Lipinski definition) is 1. The van der Waals surface area contributed by atoms with Crippen LogP contribution >= 0.6 is 0 Å². The van der Waals surface area contributed by atoms with Crippen LogP contribution in [0.5, 0.6) is 0 Å². The molecule has 0 fully saturated rings. The van der Waals surface area contributed by atoms with E-state index >= 15 is 0 Å². The Morgan fingerprint density at radius 1 is 1.38 bits per heavy atom. The molecule has 5 heteroatoms. The summed E-state index contributed by atoms with van der Waals surface area (Å²) in [5.74, 6) is -0.366. The highest BCUT2D eigenvalue weighted by Gasteiger charge is 2.27. The van der Waals surface area contributed by atoms with Crippen LogP contribution in [0.3, 0.4) is 0 Å². The van der Waals surface area contributed by atoms with E-state index in [2.05, 4.69) is 0 Å². The summed E-state index contributed by atoms with van der Waals surface area (Å²) in [7, 11) is 0. The normalized spacial score (nSPS) is 14.2. The van der Waals surface area contributed by atoms with Gasteiger partial charge in [-0.2, -0.15) is 13.2 Å². The number of hydrogen-bond acceptors (Lipinski definition) is 2. The van der Waals surface area contributed by atoms with E-state index in [9.17, 15) is 18.0 Å². The van der Waals surface area contributed by atoms with Gasteiger partial charge in [0.1, 0.15) is 5.78 Å². The van der Waals surface area contributed by atoms with E-state index in [1.54, 1.807) is 6.92 Å². The van der Waals surface area contributed by atoms with Gasteiger partial charge in [-0.05, 0) is 13.3 Å². The zero-order chi connectivity index (χ0) is 10.5. The monoisotopic (exact) mass is 197 g/mol. The molecule has 0 spiro atoms. The number of alkyl halides is 3. The molecule has 0 aliphatic rings. The Kier molecular flexibility index (Phi) is 4.98. The second-order valence-electron chi connectivity index (χ2n) is 3.17. The Balaban J connectivity index is 3.53. The van der Waals surface area contributed by atoms with Gasteiger partial charge in [0.15, 0.2) is 0 Å². The highest BCUT2D eigenvalue weighted by Crippen LogP contribution is 2.21. The van der Waals surface area contributed by atoms with Crippen molar-refractivity contribution in [2.45, 2.75) is 44.8 Å². The predicted octanol–water partition coefficient (Wildman–Crippen LogP) is 2.03. The summed E-state index contributed by atoms with van der Waals surface area (Å²) in [6.45, 7) is 1.72. The van der Waals surface area contributed by atoms with Gasteiger partial charge in [0.25, 0.3) is 0 Å². The smallest absolute Gasteiger partial charge is 0.328 e. The van der Waals surface area contributed by atoms with Crippen molar-refractivity contribution in [1.29, 1.82) is 0 Å². The molecule has 0 aromatic heterocycles. The fourth-order valence-electron chi connectivity index (χ4n) is 0.795. The molecule has 78 valence electrons. The van der Waals surface area contributed by atoms with Crippen LogP contribution in [-0.4, -0.2) is 18.0 Å². The summed E-state index contributed by atoms with van der Waals surface area (Å²) in [5.41, 5.74) is 5.35. The van der Waals surface area contributed by atoms with Gasteiger partial charge in [0.2, 0.25) is 0 Å². The lowest BCUT2D eigenvalue weighted by molar-refractivity contribution is -0.143. The third-order valence-electron chi connectivity index (χ3n) is 1.57. The highest BCUT2D eigenvalue weighted by molar-refractivity contribution is 5.78. The fourth-order valence-corrected chi connectivity index (χ4v) is 0.795. The largest absolute Gasteiger partial charge is 0.389 e. The Bertz CT molecular complexity index is 165. The van der Waals surface area contributed by atoms with E-state index in [1.807, 2.05) is 0 Å². The molecular weight excluding hydrogens is 183 g/mol. The van der Waals surface area contributed by atoms with Crippen molar-refractivity contribution in [3.05, 3.63) is 0 Å². The summed E-state index contributed by atoms with van der Waals surface area (Å²) in [6, 6.07) is -0.130. The lowest BCUT2D eigenvalue weighted by Crippen LogP contribution is -2.17. The first kappa shape index (κ1) is 12.4. The van der Waals surface area contributed by atoms with Crippen LogP contribution in [0, 0.1) is 0 Å². The lowest BCUT2D eigenvalue weighted by Gasteiger charge is -2.06. The number of carbonyl (C=O) groups is 1. The van der Waals surface area contributed by atoms with Crippen LogP contribution in [0.1, 0.15) is 32.6 Å². The number of ketones is 1. The Morgan fingerprint density at radius 3 is 2.31 bits per heavy atom. The van der Waals surface area contributed by atoms with Gasteiger partial charge in [-0.25, -0.2) is 0 Å². The van der Waals surface area contributed by atoms with Gasteiger partial charge < -0.3 is 5.73 Å². The molecule has 0 saturated carbocycles. The van der Waals surface area contributed by atoms with Gasteiger partial charge in [-0.3, -0.25) is 4.79 Å². The molecule has 13 heavy (non-hydrogen) atoms. The molecule has 0 rings (SSSR count). The van der Waals surface area contributed by atoms with Crippen LogP contribution < -0.4 is 5.73 Å². The standard InChI is InChI=1S/C8H14F3NO/c1-6(12)2-3-7(13)4-5-8(9,10)11/h6H,2-5,12H2,1H3. The molecule has 1 atom stereocenters. The summed E-state index contributed by atoms with van der Waals surface area (Å²) in [4.78, 5) is 10.8.